The van der Waals surface area contributed by atoms with E-state index >= 15 is 0 Å². The maximum atomic E-state index is 13.6. The molecule has 0 spiro atoms. The van der Waals surface area contributed by atoms with Gasteiger partial charge in [0, 0.05) is 25.6 Å². The maximum Gasteiger partial charge on any atom is 0.220 e. The Hall–Kier alpha value is -2.63. The van der Waals surface area contributed by atoms with Gasteiger partial charge in [-0.05, 0) is 43.0 Å². The number of nitrogens with one attached hydrogen (secondary N) is 1. The molecule has 1 saturated heterocycles. The first-order valence-electron chi connectivity index (χ1n) is 8.54. The van der Waals surface area contributed by atoms with Crippen molar-refractivity contribution in [1.82, 2.24) is 10.3 Å². The van der Waals surface area contributed by atoms with Crippen LogP contribution < -0.4 is 10.2 Å². The van der Waals surface area contributed by atoms with Gasteiger partial charge in [-0.25, -0.2) is 9.37 Å². The number of aryl methyl sites for hydroxylation is 1. The van der Waals surface area contributed by atoms with Crippen molar-refractivity contribution in [2.45, 2.75) is 31.7 Å². The van der Waals surface area contributed by atoms with Gasteiger partial charge in [0.25, 0.3) is 0 Å². The molecule has 132 valence electrons. The van der Waals surface area contributed by atoms with E-state index in [4.69, 9.17) is 0 Å². The summed E-state index contributed by atoms with van der Waals surface area (Å²) < 4.78 is 13.6. The van der Waals surface area contributed by atoms with E-state index in [0.29, 0.717) is 18.4 Å². The van der Waals surface area contributed by atoms with Crippen molar-refractivity contribution in [3.8, 4) is 5.75 Å². The number of aromatic hydroxyl groups is 1. The molecular formula is C19H22FN3O2. The third kappa shape index (κ3) is 4.68. The Bertz CT molecular complexity index is 713. The fourth-order valence-electron chi connectivity index (χ4n) is 3.07. The molecule has 5 nitrogen and oxygen atoms in total. The highest BCUT2D eigenvalue weighted by Crippen LogP contribution is 2.19. The minimum Gasteiger partial charge on any atom is -0.506 e. The van der Waals surface area contributed by atoms with E-state index in [1.807, 2.05) is 0 Å². The van der Waals surface area contributed by atoms with Crippen LogP contribution in [-0.4, -0.2) is 35.1 Å². The van der Waals surface area contributed by atoms with Crippen LogP contribution in [0.4, 0.5) is 10.2 Å². The quantitative estimate of drug-likeness (QED) is 0.876. The number of halogens is 1. The predicted molar refractivity (Wildman–Crippen MR) is 94.0 cm³/mol. The molecule has 1 aromatic heterocycles. The first-order chi connectivity index (χ1) is 12.1. The first kappa shape index (κ1) is 17.2. The lowest BCUT2D eigenvalue weighted by Crippen LogP contribution is -2.45. The number of rotatable bonds is 5. The highest BCUT2D eigenvalue weighted by molar-refractivity contribution is 5.76. The molecule has 2 aromatic rings. The Morgan fingerprint density at radius 3 is 2.68 bits per heavy atom. The summed E-state index contributed by atoms with van der Waals surface area (Å²) in [6.07, 6.45) is 3.82. The number of piperidine rings is 1. The molecule has 2 N–H and O–H groups in total. The van der Waals surface area contributed by atoms with Crippen molar-refractivity contribution in [1.29, 1.82) is 0 Å². The summed E-state index contributed by atoms with van der Waals surface area (Å²) in [5.74, 6) is 0.692. The summed E-state index contributed by atoms with van der Waals surface area (Å²) >= 11 is 0. The first-order valence-corrected chi connectivity index (χ1v) is 8.54. The van der Waals surface area contributed by atoms with Gasteiger partial charge < -0.3 is 15.3 Å². The van der Waals surface area contributed by atoms with Gasteiger partial charge in [-0.2, -0.15) is 0 Å². The zero-order valence-electron chi connectivity index (χ0n) is 14.0. The molecule has 1 aliphatic rings. The minimum absolute atomic E-state index is 0.0375. The Morgan fingerprint density at radius 2 is 2.00 bits per heavy atom. The van der Waals surface area contributed by atoms with Crippen molar-refractivity contribution >= 4 is 11.7 Å². The van der Waals surface area contributed by atoms with Crippen molar-refractivity contribution in [3.05, 3.63) is 54.0 Å². The van der Waals surface area contributed by atoms with Crippen molar-refractivity contribution < 1.29 is 14.3 Å². The average Bonchev–Trinajstić information content (AvgIpc) is 2.62. The molecule has 0 saturated carbocycles. The molecule has 2 heterocycles. The van der Waals surface area contributed by atoms with E-state index in [9.17, 15) is 14.3 Å². The number of carbonyl (C=O) groups excluding carboxylic acids is 1. The summed E-state index contributed by atoms with van der Waals surface area (Å²) in [5, 5.41) is 12.3. The van der Waals surface area contributed by atoms with Gasteiger partial charge in [-0.1, -0.05) is 18.2 Å². The van der Waals surface area contributed by atoms with Crippen LogP contribution in [0.2, 0.25) is 0 Å². The van der Waals surface area contributed by atoms with Crippen LogP contribution in [0.3, 0.4) is 0 Å². The van der Waals surface area contributed by atoms with Crippen LogP contribution in [0.1, 0.15) is 24.8 Å². The van der Waals surface area contributed by atoms with Crippen LogP contribution in [0.15, 0.2) is 42.6 Å². The molecule has 0 aliphatic carbocycles. The fourth-order valence-corrected chi connectivity index (χ4v) is 3.07. The second kappa shape index (κ2) is 7.96. The van der Waals surface area contributed by atoms with E-state index in [1.165, 1.54) is 12.3 Å². The number of anilines is 1. The van der Waals surface area contributed by atoms with Gasteiger partial charge in [0.1, 0.15) is 17.4 Å². The summed E-state index contributed by atoms with van der Waals surface area (Å²) in [5.41, 5.74) is 0.575. The number of amides is 1. The van der Waals surface area contributed by atoms with E-state index in [0.717, 1.165) is 31.7 Å². The molecular weight excluding hydrogens is 321 g/mol. The van der Waals surface area contributed by atoms with E-state index in [2.05, 4.69) is 15.2 Å². The van der Waals surface area contributed by atoms with E-state index < -0.39 is 0 Å². The second-order valence-corrected chi connectivity index (χ2v) is 6.29. The van der Waals surface area contributed by atoms with Crippen LogP contribution in [0, 0.1) is 5.82 Å². The van der Waals surface area contributed by atoms with Gasteiger partial charge >= 0.3 is 0 Å². The Kier molecular flexibility index (Phi) is 5.48. The number of benzene rings is 1. The summed E-state index contributed by atoms with van der Waals surface area (Å²) in [7, 11) is 0. The molecule has 1 aromatic carbocycles. The number of nitrogens with zero attached hydrogens (tertiary/aromatic N) is 2. The fraction of sp³-hybridized carbons (Fsp3) is 0.368. The van der Waals surface area contributed by atoms with Gasteiger partial charge in [-0.15, -0.1) is 0 Å². The molecule has 6 heteroatoms. The standard InChI is InChI=1S/C19H22FN3O2/c20-17-4-2-1-3-14(17)5-8-19(25)22-15-9-11-23(12-10-15)18-7-6-16(24)13-21-18/h1-4,6-7,13,15,24H,5,8-12H2,(H,22,25). The number of pyridine rings is 1. The smallest absolute Gasteiger partial charge is 0.220 e. The molecule has 1 aliphatic heterocycles. The minimum atomic E-state index is -0.259. The molecule has 1 fully saturated rings. The third-order valence-corrected chi connectivity index (χ3v) is 4.50. The van der Waals surface area contributed by atoms with Gasteiger partial charge in [0.05, 0.1) is 6.20 Å². The van der Waals surface area contributed by atoms with Crippen molar-refractivity contribution in [2.24, 2.45) is 0 Å². The SMILES string of the molecule is O=C(CCc1ccccc1F)NC1CCN(c2ccc(O)cn2)CC1. The highest BCUT2D eigenvalue weighted by Gasteiger charge is 2.21. The number of aromatic nitrogens is 1. The lowest BCUT2D eigenvalue weighted by molar-refractivity contribution is -0.121. The molecule has 25 heavy (non-hydrogen) atoms. The van der Waals surface area contributed by atoms with Crippen LogP contribution in [-0.2, 0) is 11.2 Å². The molecule has 0 radical (unpaired) electrons. The zero-order chi connectivity index (χ0) is 17.6. The largest absolute Gasteiger partial charge is 0.506 e. The topological polar surface area (TPSA) is 65.5 Å². The third-order valence-electron chi connectivity index (χ3n) is 4.50. The second-order valence-electron chi connectivity index (χ2n) is 6.29. The molecule has 3 rings (SSSR count). The molecule has 0 unspecified atom stereocenters. The van der Waals surface area contributed by atoms with Crippen molar-refractivity contribution in [3.63, 3.8) is 0 Å². The molecule has 0 atom stereocenters. The van der Waals surface area contributed by atoms with Gasteiger partial charge in [-0.3, -0.25) is 4.79 Å². The normalized spacial score (nSPS) is 15.2. The van der Waals surface area contributed by atoms with Crippen LogP contribution >= 0.6 is 0 Å². The Balaban J connectivity index is 1.43. The van der Waals surface area contributed by atoms with Crippen LogP contribution in [0.25, 0.3) is 0 Å². The highest BCUT2D eigenvalue weighted by atomic mass is 19.1. The predicted octanol–water partition coefficient (Wildman–Crippen LogP) is 2.64. The molecule has 0 bridgehead atoms. The number of carbonyl (C=O) groups is 1. The van der Waals surface area contributed by atoms with Crippen molar-refractivity contribution in [2.75, 3.05) is 18.0 Å². The van der Waals surface area contributed by atoms with Gasteiger partial charge in [0.15, 0.2) is 0 Å². The zero-order valence-corrected chi connectivity index (χ0v) is 14.0. The van der Waals surface area contributed by atoms with Gasteiger partial charge in [0.2, 0.25) is 5.91 Å². The van der Waals surface area contributed by atoms with E-state index in [1.54, 1.807) is 30.3 Å². The number of hydrogen-bond acceptors (Lipinski definition) is 4. The van der Waals surface area contributed by atoms with Crippen LogP contribution in [0.5, 0.6) is 5.75 Å². The lowest BCUT2D eigenvalue weighted by atomic mass is 10.0. The summed E-state index contributed by atoms with van der Waals surface area (Å²) in [6, 6.07) is 10.1. The lowest BCUT2D eigenvalue weighted by Gasteiger charge is -2.33. The summed E-state index contributed by atoms with van der Waals surface area (Å²) in [4.78, 5) is 18.5. The molecule has 1 amide bonds. The maximum absolute atomic E-state index is 13.6. The van der Waals surface area contributed by atoms with E-state index in [-0.39, 0.29) is 23.5 Å². The Labute approximate surface area is 146 Å². The Morgan fingerprint density at radius 1 is 1.24 bits per heavy atom. The number of hydrogen-bond donors (Lipinski definition) is 2. The average molecular weight is 343 g/mol. The monoisotopic (exact) mass is 343 g/mol. The summed E-state index contributed by atoms with van der Waals surface area (Å²) in [6.45, 7) is 1.60.